The number of hydrogen-bond donors (Lipinski definition) is 0. The topological polar surface area (TPSA) is 52.3 Å². The minimum atomic E-state index is -4.46. The van der Waals surface area contributed by atoms with Crippen LogP contribution in [0.5, 0.6) is 0 Å². The highest BCUT2D eigenvalue weighted by molar-refractivity contribution is 5.96. The van der Waals surface area contributed by atoms with E-state index in [1.165, 1.54) is 33.9 Å². The minimum Gasteiger partial charge on any atom is -0.335 e. The summed E-state index contributed by atoms with van der Waals surface area (Å²) in [6.07, 6.45) is -2.91. The van der Waals surface area contributed by atoms with Crippen molar-refractivity contribution in [2.24, 2.45) is 0 Å². The van der Waals surface area contributed by atoms with Crippen molar-refractivity contribution in [3.8, 4) is 11.8 Å². The molecule has 8 heteroatoms. The molecule has 1 aliphatic heterocycles. The summed E-state index contributed by atoms with van der Waals surface area (Å²) in [7, 11) is 0. The van der Waals surface area contributed by atoms with Gasteiger partial charge < -0.3 is 9.47 Å². The molecule has 3 aromatic carbocycles. The summed E-state index contributed by atoms with van der Waals surface area (Å²) in [6.45, 7) is 2.17. The monoisotopic (exact) mass is 514 g/mol. The molecule has 0 atom stereocenters. The lowest BCUT2D eigenvalue weighted by Gasteiger charge is -2.40. The van der Waals surface area contributed by atoms with Gasteiger partial charge in [0.15, 0.2) is 0 Å². The number of hydrogen-bond acceptors (Lipinski definition) is 3. The first-order valence-corrected chi connectivity index (χ1v) is 12.3. The van der Waals surface area contributed by atoms with Crippen molar-refractivity contribution < 1.29 is 18.0 Å². The maximum atomic E-state index is 13.6. The van der Waals surface area contributed by atoms with Crippen molar-refractivity contribution in [2.75, 3.05) is 26.2 Å². The van der Waals surface area contributed by atoms with Crippen LogP contribution in [-0.4, -0.2) is 46.5 Å². The second kappa shape index (κ2) is 10.6. The SMILES string of the molecule is N#Cc1ccn(-c2ccc(C(F)(F)F)cc2)c1C(=O)N1CCN(C(c2ccccc2)c2ccccc2)CC1. The molecule has 0 radical (unpaired) electrons. The fourth-order valence-corrected chi connectivity index (χ4v) is 4.98. The minimum absolute atomic E-state index is 0.0420. The summed E-state index contributed by atoms with van der Waals surface area (Å²) in [5.74, 6) is -0.318. The average molecular weight is 515 g/mol. The molecular formula is C30H25F3N4O. The molecule has 1 aliphatic rings. The number of carbonyl (C=O) groups is 1. The quantitative estimate of drug-likeness (QED) is 0.333. The number of halogens is 3. The highest BCUT2D eigenvalue weighted by Gasteiger charge is 2.32. The maximum Gasteiger partial charge on any atom is 0.416 e. The Balaban J connectivity index is 1.37. The van der Waals surface area contributed by atoms with Gasteiger partial charge >= 0.3 is 6.18 Å². The van der Waals surface area contributed by atoms with E-state index in [0.29, 0.717) is 31.9 Å². The zero-order chi connectivity index (χ0) is 26.7. The highest BCUT2D eigenvalue weighted by Crippen LogP contribution is 2.31. The van der Waals surface area contributed by atoms with Gasteiger partial charge in [-0.05, 0) is 41.5 Å². The fraction of sp³-hybridized carbons (Fsp3) is 0.200. The first kappa shape index (κ1) is 25.3. The molecule has 0 saturated carbocycles. The molecule has 2 heterocycles. The lowest BCUT2D eigenvalue weighted by molar-refractivity contribution is -0.137. The van der Waals surface area contributed by atoms with Crippen LogP contribution in [0.2, 0.25) is 0 Å². The Labute approximate surface area is 219 Å². The first-order valence-electron chi connectivity index (χ1n) is 12.3. The Bertz CT molecular complexity index is 1390. The molecule has 1 fully saturated rings. The van der Waals surface area contributed by atoms with Gasteiger partial charge in [0.2, 0.25) is 0 Å². The number of piperazine rings is 1. The average Bonchev–Trinajstić information content (AvgIpc) is 3.38. The normalized spacial score (nSPS) is 14.4. The van der Waals surface area contributed by atoms with Crippen LogP contribution in [0, 0.1) is 11.3 Å². The van der Waals surface area contributed by atoms with Crippen molar-refractivity contribution in [3.63, 3.8) is 0 Å². The molecular weight excluding hydrogens is 489 g/mol. The van der Waals surface area contributed by atoms with Gasteiger partial charge in [0.1, 0.15) is 11.8 Å². The highest BCUT2D eigenvalue weighted by atomic mass is 19.4. The fourth-order valence-electron chi connectivity index (χ4n) is 4.98. The summed E-state index contributed by atoms with van der Waals surface area (Å²) >= 11 is 0. The summed E-state index contributed by atoms with van der Waals surface area (Å²) in [5.41, 5.74) is 2.29. The van der Waals surface area contributed by atoms with Gasteiger partial charge in [-0.1, -0.05) is 60.7 Å². The van der Waals surface area contributed by atoms with Gasteiger partial charge in [0, 0.05) is 38.1 Å². The van der Waals surface area contributed by atoms with Crippen LogP contribution in [0.25, 0.3) is 5.69 Å². The molecule has 4 aromatic rings. The third-order valence-electron chi connectivity index (χ3n) is 6.88. The molecule has 1 aromatic heterocycles. The molecule has 0 bridgehead atoms. The van der Waals surface area contributed by atoms with E-state index >= 15 is 0 Å². The molecule has 5 rings (SSSR count). The smallest absolute Gasteiger partial charge is 0.335 e. The molecule has 0 unspecified atom stereocenters. The van der Waals surface area contributed by atoms with E-state index in [4.69, 9.17) is 0 Å². The Morgan fingerprint density at radius 2 is 1.34 bits per heavy atom. The molecule has 0 spiro atoms. The van der Waals surface area contributed by atoms with Crippen molar-refractivity contribution in [1.82, 2.24) is 14.4 Å². The molecule has 5 nitrogen and oxygen atoms in total. The van der Waals surface area contributed by atoms with Crippen molar-refractivity contribution in [1.29, 1.82) is 5.26 Å². The Morgan fingerprint density at radius 3 is 1.84 bits per heavy atom. The Morgan fingerprint density at radius 1 is 0.789 bits per heavy atom. The van der Waals surface area contributed by atoms with E-state index in [-0.39, 0.29) is 23.2 Å². The summed E-state index contributed by atoms with van der Waals surface area (Å²) in [5, 5.41) is 9.65. The van der Waals surface area contributed by atoms with Crippen molar-refractivity contribution in [2.45, 2.75) is 12.2 Å². The van der Waals surface area contributed by atoms with Crippen LogP contribution in [-0.2, 0) is 6.18 Å². The largest absolute Gasteiger partial charge is 0.416 e. The van der Waals surface area contributed by atoms with Crippen LogP contribution in [0.15, 0.2) is 97.2 Å². The summed E-state index contributed by atoms with van der Waals surface area (Å²) in [4.78, 5) is 17.7. The van der Waals surface area contributed by atoms with Crippen LogP contribution in [0.4, 0.5) is 13.2 Å². The van der Waals surface area contributed by atoms with Gasteiger partial charge in [0.05, 0.1) is 17.2 Å². The number of amides is 1. The number of alkyl halides is 3. The van der Waals surface area contributed by atoms with E-state index in [1.54, 1.807) is 11.1 Å². The number of aromatic nitrogens is 1. The Kier molecular flexibility index (Phi) is 7.03. The van der Waals surface area contributed by atoms with E-state index in [0.717, 1.165) is 12.1 Å². The molecule has 0 aliphatic carbocycles. The van der Waals surface area contributed by atoms with E-state index < -0.39 is 11.7 Å². The van der Waals surface area contributed by atoms with Crippen LogP contribution in [0.1, 0.15) is 38.8 Å². The standard InChI is InChI=1S/C30H25F3N4O/c31-30(32,33)25-11-13-26(14-12-25)37-16-15-24(21-34)28(37)29(38)36-19-17-35(18-20-36)27(22-7-3-1-4-8-22)23-9-5-2-6-10-23/h1-16,27H,17-20H2. The second-order valence-electron chi connectivity index (χ2n) is 9.16. The number of carbonyl (C=O) groups excluding carboxylic acids is 1. The van der Waals surface area contributed by atoms with Gasteiger partial charge in [-0.2, -0.15) is 18.4 Å². The second-order valence-corrected chi connectivity index (χ2v) is 9.16. The predicted octanol–water partition coefficient (Wildman–Crippen LogP) is 5.92. The number of rotatable bonds is 5. The maximum absolute atomic E-state index is 13.6. The van der Waals surface area contributed by atoms with E-state index in [2.05, 4.69) is 35.2 Å². The molecule has 38 heavy (non-hydrogen) atoms. The van der Waals surface area contributed by atoms with Crippen LogP contribution in [0.3, 0.4) is 0 Å². The molecule has 1 saturated heterocycles. The van der Waals surface area contributed by atoms with Crippen LogP contribution < -0.4 is 0 Å². The lowest BCUT2D eigenvalue weighted by Crippen LogP contribution is -2.50. The Hall–Kier alpha value is -4.35. The van der Waals surface area contributed by atoms with Gasteiger partial charge in [0.25, 0.3) is 5.91 Å². The summed E-state index contributed by atoms with van der Waals surface area (Å²) in [6, 6.07) is 28.6. The number of nitriles is 1. The summed E-state index contributed by atoms with van der Waals surface area (Å²) < 4.78 is 40.6. The molecule has 192 valence electrons. The zero-order valence-electron chi connectivity index (χ0n) is 20.5. The first-order chi connectivity index (χ1) is 18.4. The number of nitrogens with zero attached hydrogens (tertiary/aromatic N) is 4. The molecule has 1 amide bonds. The lowest BCUT2D eigenvalue weighted by atomic mass is 9.96. The van der Waals surface area contributed by atoms with Gasteiger partial charge in [-0.25, -0.2) is 0 Å². The number of benzene rings is 3. The van der Waals surface area contributed by atoms with Gasteiger partial charge in [-0.3, -0.25) is 9.69 Å². The predicted molar refractivity (Wildman–Crippen MR) is 138 cm³/mol. The van der Waals surface area contributed by atoms with E-state index in [1.807, 2.05) is 36.4 Å². The third-order valence-corrected chi connectivity index (χ3v) is 6.88. The van der Waals surface area contributed by atoms with Crippen molar-refractivity contribution >= 4 is 5.91 Å². The van der Waals surface area contributed by atoms with Crippen molar-refractivity contribution in [3.05, 3.63) is 125 Å². The zero-order valence-corrected chi connectivity index (χ0v) is 20.5. The van der Waals surface area contributed by atoms with Gasteiger partial charge in [-0.15, -0.1) is 0 Å². The van der Waals surface area contributed by atoms with E-state index in [9.17, 15) is 23.2 Å². The molecule has 0 N–H and O–H groups in total. The van der Waals surface area contributed by atoms with Crippen LogP contribution >= 0.6 is 0 Å². The third kappa shape index (κ3) is 5.06.